The monoisotopic (exact) mass is 371 g/mol. The number of anilines is 1. The van der Waals surface area contributed by atoms with Crippen molar-refractivity contribution in [1.82, 2.24) is 20.6 Å². The van der Waals surface area contributed by atoms with Crippen LogP contribution in [0.1, 0.15) is 31.9 Å². The van der Waals surface area contributed by atoms with Crippen molar-refractivity contribution in [3.8, 4) is 11.4 Å². The molecule has 0 radical (unpaired) electrons. The summed E-state index contributed by atoms with van der Waals surface area (Å²) in [6.45, 7) is 7.94. The first-order valence-corrected chi connectivity index (χ1v) is 9.63. The van der Waals surface area contributed by atoms with E-state index in [4.69, 9.17) is 0 Å². The van der Waals surface area contributed by atoms with Crippen molar-refractivity contribution in [3.63, 3.8) is 0 Å². The topological polar surface area (TPSA) is 101 Å². The van der Waals surface area contributed by atoms with Crippen molar-refractivity contribution >= 4 is 15.7 Å². The number of aromatic amines is 1. The van der Waals surface area contributed by atoms with Gasteiger partial charge in [-0.3, -0.25) is 4.72 Å². The minimum atomic E-state index is -3.73. The Morgan fingerprint density at radius 2 is 1.85 bits per heavy atom. The molecule has 0 bridgehead atoms. The van der Waals surface area contributed by atoms with E-state index in [0.29, 0.717) is 22.6 Å². The molecule has 0 aliphatic rings. The maximum Gasteiger partial charge on any atom is 0.262 e. The Morgan fingerprint density at radius 3 is 2.50 bits per heavy atom. The molecule has 2 aromatic carbocycles. The van der Waals surface area contributed by atoms with Gasteiger partial charge < -0.3 is 0 Å². The summed E-state index contributed by atoms with van der Waals surface area (Å²) < 4.78 is 28.5. The van der Waals surface area contributed by atoms with Gasteiger partial charge in [-0.1, -0.05) is 45.0 Å². The van der Waals surface area contributed by atoms with E-state index in [9.17, 15) is 8.42 Å². The molecule has 0 atom stereocenters. The van der Waals surface area contributed by atoms with Gasteiger partial charge in [0.25, 0.3) is 10.0 Å². The molecule has 7 nitrogen and oxygen atoms in total. The van der Waals surface area contributed by atoms with Gasteiger partial charge >= 0.3 is 0 Å². The summed E-state index contributed by atoms with van der Waals surface area (Å²) in [6.07, 6.45) is 0. The molecule has 0 saturated heterocycles. The van der Waals surface area contributed by atoms with Crippen molar-refractivity contribution in [3.05, 3.63) is 53.6 Å². The third-order valence-electron chi connectivity index (χ3n) is 4.06. The van der Waals surface area contributed by atoms with Gasteiger partial charge in [0.15, 0.2) is 0 Å². The van der Waals surface area contributed by atoms with E-state index >= 15 is 0 Å². The zero-order valence-corrected chi connectivity index (χ0v) is 15.9. The van der Waals surface area contributed by atoms with Crippen LogP contribution >= 0.6 is 0 Å². The van der Waals surface area contributed by atoms with E-state index in [-0.39, 0.29) is 10.3 Å². The van der Waals surface area contributed by atoms with E-state index < -0.39 is 10.0 Å². The number of nitrogens with one attached hydrogen (secondary N) is 2. The lowest BCUT2D eigenvalue weighted by atomic mass is 9.87. The Kier molecular flexibility index (Phi) is 4.53. The largest absolute Gasteiger partial charge is 0.280 e. The average Bonchev–Trinajstić information content (AvgIpc) is 3.08. The average molecular weight is 371 g/mol. The maximum atomic E-state index is 12.9. The first-order chi connectivity index (χ1) is 12.2. The van der Waals surface area contributed by atoms with Gasteiger partial charge in [0.2, 0.25) is 5.82 Å². The number of hydrogen-bond acceptors (Lipinski definition) is 5. The Bertz CT molecular complexity index is 1020. The van der Waals surface area contributed by atoms with Gasteiger partial charge in [0.05, 0.1) is 4.90 Å². The molecule has 0 amide bonds. The Balaban J connectivity index is 1.96. The molecule has 0 aliphatic heterocycles. The smallest absolute Gasteiger partial charge is 0.262 e. The molecule has 3 aromatic rings. The zero-order valence-electron chi connectivity index (χ0n) is 15.1. The molecule has 1 aromatic heterocycles. The minimum absolute atomic E-state index is 0.142. The number of rotatable bonds is 4. The molecule has 136 valence electrons. The second-order valence-corrected chi connectivity index (χ2v) is 8.80. The van der Waals surface area contributed by atoms with Crippen molar-refractivity contribution < 1.29 is 8.42 Å². The summed E-state index contributed by atoms with van der Waals surface area (Å²) in [5.74, 6) is 0.400. The van der Waals surface area contributed by atoms with Crippen LogP contribution in [0.5, 0.6) is 0 Å². The van der Waals surface area contributed by atoms with Crippen LogP contribution in [0.4, 0.5) is 5.69 Å². The lowest BCUT2D eigenvalue weighted by Crippen LogP contribution is -2.17. The quantitative estimate of drug-likeness (QED) is 0.733. The molecular formula is C18H21N5O2S. The molecule has 3 rings (SSSR count). The number of aryl methyl sites for hydroxylation is 1. The molecule has 26 heavy (non-hydrogen) atoms. The first kappa shape index (κ1) is 18.1. The fourth-order valence-electron chi connectivity index (χ4n) is 2.57. The number of sulfonamides is 1. The van der Waals surface area contributed by atoms with Crippen molar-refractivity contribution in [2.24, 2.45) is 0 Å². The normalized spacial score (nSPS) is 12.2. The summed E-state index contributed by atoms with van der Waals surface area (Å²) in [7, 11) is -3.73. The lowest BCUT2D eigenvalue weighted by molar-refractivity contribution is 0.584. The number of tetrazole rings is 1. The van der Waals surface area contributed by atoms with Gasteiger partial charge in [-0.05, 0) is 46.9 Å². The van der Waals surface area contributed by atoms with Crippen LogP contribution < -0.4 is 4.72 Å². The highest BCUT2D eigenvalue weighted by molar-refractivity contribution is 7.92. The van der Waals surface area contributed by atoms with Gasteiger partial charge in [0.1, 0.15) is 0 Å². The van der Waals surface area contributed by atoms with E-state index in [0.717, 1.165) is 5.56 Å². The van der Waals surface area contributed by atoms with Gasteiger partial charge in [-0.15, -0.1) is 10.2 Å². The molecule has 0 aliphatic carbocycles. The Morgan fingerprint density at radius 1 is 1.08 bits per heavy atom. The van der Waals surface area contributed by atoms with Crippen LogP contribution in [0.3, 0.4) is 0 Å². The van der Waals surface area contributed by atoms with E-state index in [1.165, 1.54) is 0 Å². The highest BCUT2D eigenvalue weighted by atomic mass is 32.2. The van der Waals surface area contributed by atoms with E-state index in [1.807, 2.05) is 12.1 Å². The molecule has 0 fully saturated rings. The SMILES string of the molecule is Cc1ccc(C(C)(C)C)cc1S(=O)(=O)Nc1cccc(-c2nn[nH]n2)c1. The predicted molar refractivity (Wildman–Crippen MR) is 100 cm³/mol. The van der Waals surface area contributed by atoms with Crippen LogP contribution in [0.25, 0.3) is 11.4 Å². The summed E-state index contributed by atoms with van der Waals surface area (Å²) >= 11 is 0. The molecule has 1 heterocycles. The van der Waals surface area contributed by atoms with Gasteiger partial charge in [-0.25, -0.2) is 8.42 Å². The van der Waals surface area contributed by atoms with Crippen molar-refractivity contribution in [1.29, 1.82) is 0 Å². The first-order valence-electron chi connectivity index (χ1n) is 8.15. The third kappa shape index (κ3) is 3.75. The highest BCUT2D eigenvalue weighted by Gasteiger charge is 2.21. The molecular weight excluding hydrogens is 350 g/mol. The number of hydrogen-bond donors (Lipinski definition) is 2. The van der Waals surface area contributed by atoms with Crippen molar-refractivity contribution in [2.45, 2.75) is 38.0 Å². The van der Waals surface area contributed by atoms with E-state index in [2.05, 4.69) is 46.1 Å². The molecule has 0 unspecified atom stereocenters. The fraction of sp³-hybridized carbons (Fsp3) is 0.278. The second kappa shape index (κ2) is 6.53. The number of aromatic nitrogens is 4. The molecule has 0 saturated carbocycles. The van der Waals surface area contributed by atoms with Gasteiger partial charge in [-0.2, -0.15) is 5.21 Å². The molecule has 2 N–H and O–H groups in total. The number of benzene rings is 2. The summed E-state index contributed by atoms with van der Waals surface area (Å²) in [6, 6.07) is 12.4. The van der Waals surface area contributed by atoms with E-state index in [1.54, 1.807) is 37.3 Å². The Hall–Kier alpha value is -2.74. The maximum absolute atomic E-state index is 12.9. The highest BCUT2D eigenvalue weighted by Crippen LogP contribution is 2.28. The molecule has 0 spiro atoms. The predicted octanol–water partition coefficient (Wildman–Crippen LogP) is 3.27. The van der Waals surface area contributed by atoms with Crippen LogP contribution in [-0.4, -0.2) is 29.0 Å². The van der Waals surface area contributed by atoms with Gasteiger partial charge in [0, 0.05) is 11.3 Å². The fourth-order valence-corrected chi connectivity index (χ4v) is 3.89. The summed E-state index contributed by atoms with van der Waals surface area (Å²) in [4.78, 5) is 0.273. The third-order valence-corrected chi connectivity index (χ3v) is 5.59. The zero-order chi connectivity index (χ0) is 18.9. The standard InChI is InChI=1S/C18H21N5O2S/c1-12-8-9-14(18(2,3)4)11-16(12)26(24,25)21-15-7-5-6-13(10-15)17-19-22-23-20-17/h5-11,21H,1-4H3,(H,19,20,22,23). The lowest BCUT2D eigenvalue weighted by Gasteiger charge is -2.21. The number of nitrogens with zero attached hydrogens (tertiary/aromatic N) is 3. The van der Waals surface area contributed by atoms with Crippen LogP contribution in [0, 0.1) is 6.92 Å². The number of H-pyrrole nitrogens is 1. The van der Waals surface area contributed by atoms with Crippen molar-refractivity contribution in [2.75, 3.05) is 4.72 Å². The van der Waals surface area contributed by atoms with Crippen LogP contribution in [-0.2, 0) is 15.4 Å². The summed E-state index contributed by atoms with van der Waals surface area (Å²) in [5, 5.41) is 13.7. The molecule has 8 heteroatoms. The second-order valence-electron chi connectivity index (χ2n) is 7.15. The van der Waals surface area contributed by atoms with Crippen LogP contribution in [0.2, 0.25) is 0 Å². The van der Waals surface area contributed by atoms with Crippen LogP contribution in [0.15, 0.2) is 47.4 Å². The Labute approximate surface area is 152 Å². The summed E-state index contributed by atoms with van der Waals surface area (Å²) in [5.41, 5.74) is 2.62. The minimum Gasteiger partial charge on any atom is -0.280 e.